The van der Waals surface area contributed by atoms with E-state index in [-0.39, 0.29) is 17.9 Å². The molecule has 1 saturated heterocycles. The molecule has 1 aliphatic heterocycles. The maximum Gasteiger partial charge on any atom is 0.407 e. The number of aryl methyl sites for hydroxylation is 1. The van der Waals surface area contributed by atoms with Crippen molar-refractivity contribution in [2.45, 2.75) is 52.4 Å². The Labute approximate surface area is 175 Å². The molecule has 2 aromatic rings. The maximum absolute atomic E-state index is 11.3. The molecule has 0 radical (unpaired) electrons. The topological polar surface area (TPSA) is 141 Å². The smallest absolute Gasteiger partial charge is 0.407 e. The summed E-state index contributed by atoms with van der Waals surface area (Å²) in [5, 5.41) is 29.9. The quantitative estimate of drug-likeness (QED) is 0.554. The van der Waals surface area contributed by atoms with E-state index >= 15 is 0 Å². The van der Waals surface area contributed by atoms with E-state index in [0.29, 0.717) is 19.6 Å². The number of aromatic nitrogens is 2. The van der Waals surface area contributed by atoms with Gasteiger partial charge in [0.2, 0.25) is 5.89 Å². The van der Waals surface area contributed by atoms with Crippen molar-refractivity contribution >= 4 is 17.8 Å². The van der Waals surface area contributed by atoms with E-state index in [0.717, 1.165) is 28.9 Å². The van der Waals surface area contributed by atoms with E-state index in [9.17, 15) is 15.0 Å². The van der Waals surface area contributed by atoms with E-state index < -0.39 is 18.2 Å². The van der Waals surface area contributed by atoms with Crippen molar-refractivity contribution in [3.8, 4) is 0 Å². The number of nitrogens with zero attached hydrogens (tertiary/aromatic N) is 4. The Bertz CT molecular complexity index is 899. The Hall–Kier alpha value is -2.69. The largest absolute Gasteiger partial charge is 0.465 e. The number of hydrogen-bond donors (Lipinski definition) is 4. The standard InChI is InChI=1S/C20H30N6O4/c1-11-7-15(10-25-5-6-26(20(28)29)12(2)9-25)13(3)16(8-11)22-19-24-23-18(30-19)17(21)14(4)27/h7-8,12,14,17,27H,5-6,9-10,21H2,1-4H3,(H,22,24)(H,28,29)/t12-,14?,17?/m0/s1. The molecule has 2 heterocycles. The lowest BCUT2D eigenvalue weighted by atomic mass is 10.0. The second-order valence-corrected chi connectivity index (χ2v) is 7.99. The van der Waals surface area contributed by atoms with Gasteiger partial charge < -0.3 is 30.6 Å². The number of amides is 1. The monoisotopic (exact) mass is 418 g/mol. The third kappa shape index (κ3) is 4.89. The van der Waals surface area contributed by atoms with Gasteiger partial charge in [-0.15, -0.1) is 5.10 Å². The van der Waals surface area contributed by atoms with Crippen LogP contribution in [0.1, 0.15) is 42.5 Å². The number of piperazine rings is 1. The molecule has 1 aromatic carbocycles. The van der Waals surface area contributed by atoms with Crippen LogP contribution in [-0.4, -0.2) is 68.1 Å². The van der Waals surface area contributed by atoms with E-state index in [1.54, 1.807) is 6.92 Å². The summed E-state index contributed by atoms with van der Waals surface area (Å²) in [6, 6.07) is 3.56. The lowest BCUT2D eigenvalue weighted by Crippen LogP contribution is -2.53. The number of aliphatic hydroxyl groups is 1. The fourth-order valence-electron chi connectivity index (χ4n) is 3.67. The number of nitrogens with two attached hydrogens (primary N) is 1. The summed E-state index contributed by atoms with van der Waals surface area (Å²) in [6.07, 6.45) is -1.66. The van der Waals surface area contributed by atoms with Gasteiger partial charge in [0.15, 0.2) is 0 Å². The molecular formula is C20H30N6O4. The van der Waals surface area contributed by atoms with Crippen molar-refractivity contribution in [3.63, 3.8) is 0 Å². The molecule has 3 rings (SSSR count). The first kappa shape index (κ1) is 22.0. The highest BCUT2D eigenvalue weighted by Crippen LogP contribution is 2.27. The Morgan fingerprint density at radius 2 is 2.10 bits per heavy atom. The van der Waals surface area contributed by atoms with Gasteiger partial charge in [-0.3, -0.25) is 4.90 Å². The van der Waals surface area contributed by atoms with Crippen LogP contribution in [0.3, 0.4) is 0 Å². The number of hydrogen-bond acceptors (Lipinski definition) is 8. The molecule has 164 valence electrons. The minimum absolute atomic E-state index is 0.0473. The van der Waals surface area contributed by atoms with Gasteiger partial charge in [0, 0.05) is 37.9 Å². The molecule has 2 unspecified atom stereocenters. The van der Waals surface area contributed by atoms with Gasteiger partial charge >= 0.3 is 12.1 Å². The summed E-state index contributed by atoms with van der Waals surface area (Å²) in [7, 11) is 0. The second-order valence-electron chi connectivity index (χ2n) is 7.99. The summed E-state index contributed by atoms with van der Waals surface area (Å²) in [4.78, 5) is 15.0. The zero-order valence-electron chi connectivity index (χ0n) is 17.8. The normalized spacial score (nSPS) is 19.5. The van der Waals surface area contributed by atoms with Crippen LogP contribution in [0.2, 0.25) is 0 Å². The Morgan fingerprint density at radius 1 is 1.37 bits per heavy atom. The number of carbonyl (C=O) groups is 1. The fraction of sp³-hybridized carbons (Fsp3) is 0.550. The van der Waals surface area contributed by atoms with Gasteiger partial charge in [0.1, 0.15) is 6.04 Å². The van der Waals surface area contributed by atoms with Crippen LogP contribution in [-0.2, 0) is 6.54 Å². The zero-order chi connectivity index (χ0) is 22.0. The van der Waals surface area contributed by atoms with Crippen LogP contribution in [0.25, 0.3) is 0 Å². The van der Waals surface area contributed by atoms with Gasteiger partial charge in [0.05, 0.1) is 6.10 Å². The third-order valence-electron chi connectivity index (χ3n) is 5.50. The van der Waals surface area contributed by atoms with Crippen LogP contribution in [0.4, 0.5) is 16.5 Å². The van der Waals surface area contributed by atoms with Crippen molar-refractivity contribution < 1.29 is 19.4 Å². The highest BCUT2D eigenvalue weighted by atomic mass is 16.4. The average Bonchev–Trinajstić information content (AvgIpc) is 3.13. The van der Waals surface area contributed by atoms with Crippen LogP contribution in [0, 0.1) is 13.8 Å². The Morgan fingerprint density at radius 3 is 2.73 bits per heavy atom. The van der Waals surface area contributed by atoms with Crippen molar-refractivity contribution in [3.05, 3.63) is 34.7 Å². The van der Waals surface area contributed by atoms with E-state index in [1.807, 2.05) is 26.8 Å². The molecule has 1 amide bonds. The first-order chi connectivity index (χ1) is 14.2. The number of aliphatic hydroxyl groups excluding tert-OH is 1. The number of carboxylic acid groups (broad SMARTS) is 1. The van der Waals surface area contributed by atoms with Gasteiger partial charge in [-0.2, -0.15) is 0 Å². The molecule has 1 fully saturated rings. The van der Waals surface area contributed by atoms with Gasteiger partial charge in [0.25, 0.3) is 0 Å². The predicted molar refractivity (Wildman–Crippen MR) is 112 cm³/mol. The average molecular weight is 418 g/mol. The molecule has 30 heavy (non-hydrogen) atoms. The number of rotatable bonds is 6. The van der Waals surface area contributed by atoms with E-state index in [2.05, 4.69) is 26.5 Å². The first-order valence-electron chi connectivity index (χ1n) is 10.0. The summed E-state index contributed by atoms with van der Waals surface area (Å²) >= 11 is 0. The lowest BCUT2D eigenvalue weighted by Gasteiger charge is -2.38. The van der Waals surface area contributed by atoms with Crippen molar-refractivity contribution in [1.82, 2.24) is 20.0 Å². The lowest BCUT2D eigenvalue weighted by molar-refractivity contribution is 0.0710. The highest BCUT2D eigenvalue weighted by molar-refractivity contribution is 5.65. The van der Waals surface area contributed by atoms with E-state index in [1.165, 1.54) is 4.90 Å². The molecule has 10 heteroatoms. The molecule has 0 aliphatic carbocycles. The molecule has 1 aliphatic rings. The number of anilines is 2. The number of benzene rings is 1. The fourth-order valence-corrected chi connectivity index (χ4v) is 3.67. The predicted octanol–water partition coefficient (Wildman–Crippen LogP) is 1.99. The minimum atomic E-state index is -0.866. The van der Waals surface area contributed by atoms with E-state index in [4.69, 9.17) is 10.2 Å². The molecule has 3 atom stereocenters. The van der Waals surface area contributed by atoms with Crippen LogP contribution >= 0.6 is 0 Å². The SMILES string of the molecule is Cc1cc(CN2CCN(C(=O)O)[C@@H](C)C2)c(C)c(Nc2nnc(C(N)C(C)O)o2)c1. The number of nitrogens with one attached hydrogen (secondary N) is 1. The zero-order valence-corrected chi connectivity index (χ0v) is 17.8. The van der Waals surface area contributed by atoms with Crippen molar-refractivity contribution in [1.29, 1.82) is 0 Å². The molecule has 0 spiro atoms. The molecule has 0 saturated carbocycles. The first-order valence-corrected chi connectivity index (χ1v) is 10.0. The van der Waals surface area contributed by atoms with Crippen molar-refractivity contribution in [2.75, 3.05) is 25.0 Å². The molecule has 10 nitrogen and oxygen atoms in total. The van der Waals surface area contributed by atoms with Crippen molar-refractivity contribution in [2.24, 2.45) is 5.73 Å². The second kappa shape index (κ2) is 8.99. The van der Waals surface area contributed by atoms with Crippen LogP contribution in [0.5, 0.6) is 0 Å². The van der Waals surface area contributed by atoms with Crippen LogP contribution in [0.15, 0.2) is 16.5 Å². The molecule has 1 aromatic heterocycles. The van der Waals surface area contributed by atoms with Gasteiger partial charge in [-0.1, -0.05) is 11.2 Å². The molecular weight excluding hydrogens is 388 g/mol. The maximum atomic E-state index is 11.3. The molecule has 0 bridgehead atoms. The highest BCUT2D eigenvalue weighted by Gasteiger charge is 2.27. The minimum Gasteiger partial charge on any atom is -0.465 e. The van der Waals surface area contributed by atoms with Gasteiger partial charge in [-0.25, -0.2) is 4.79 Å². The summed E-state index contributed by atoms with van der Waals surface area (Å²) in [6.45, 7) is 10.1. The Balaban J connectivity index is 1.74. The summed E-state index contributed by atoms with van der Waals surface area (Å²) in [5.74, 6) is 0.170. The molecule has 5 N–H and O–H groups in total. The summed E-state index contributed by atoms with van der Waals surface area (Å²) < 4.78 is 5.55. The third-order valence-corrected chi connectivity index (χ3v) is 5.50. The summed E-state index contributed by atoms with van der Waals surface area (Å²) in [5.41, 5.74) is 9.97. The Kier molecular flexibility index (Phi) is 6.59. The van der Waals surface area contributed by atoms with Gasteiger partial charge in [-0.05, 0) is 50.5 Å². The van der Waals surface area contributed by atoms with Crippen LogP contribution < -0.4 is 11.1 Å².